The Kier molecular flexibility index (Phi) is 12.0. The Balaban J connectivity index is 0.00000121. The maximum atomic E-state index is 13.6. The van der Waals surface area contributed by atoms with E-state index in [0.717, 1.165) is 37.9 Å². The molecule has 0 radical (unpaired) electrons. The van der Waals surface area contributed by atoms with Crippen LogP contribution in [0.2, 0.25) is 0 Å². The summed E-state index contributed by atoms with van der Waals surface area (Å²) in [6.07, 6.45) is 0. The Morgan fingerprint density at radius 2 is 0.635 bits per heavy atom. The highest BCUT2D eigenvalue weighted by Crippen LogP contribution is 2.40. The minimum Gasteiger partial charge on any atom is -0.507 e. The van der Waals surface area contributed by atoms with Crippen LogP contribution in [0, 0.1) is 0 Å². The van der Waals surface area contributed by atoms with Gasteiger partial charge in [0, 0.05) is 5.56 Å². The summed E-state index contributed by atoms with van der Waals surface area (Å²) in [5.74, 6) is 0.334. The van der Waals surface area contributed by atoms with Crippen LogP contribution in [0.25, 0.3) is 32.7 Å². The van der Waals surface area contributed by atoms with E-state index in [1.165, 1.54) is 36.3 Å². The summed E-state index contributed by atoms with van der Waals surface area (Å²) in [5, 5.41) is 27.8. The predicted molar refractivity (Wildman–Crippen MR) is 269 cm³/mol. The van der Waals surface area contributed by atoms with Crippen LogP contribution in [0.4, 0.5) is 0 Å². The summed E-state index contributed by atoms with van der Waals surface area (Å²) in [6.45, 7) is 0. The van der Waals surface area contributed by atoms with Gasteiger partial charge in [0.2, 0.25) is 0 Å². The van der Waals surface area contributed by atoms with Gasteiger partial charge in [-0.25, -0.2) is 0 Å². The van der Waals surface area contributed by atoms with Crippen molar-refractivity contribution in [2.75, 3.05) is 0 Å². The zero-order valence-electron chi connectivity index (χ0n) is 34.4. The van der Waals surface area contributed by atoms with Crippen LogP contribution in [0.1, 0.15) is 0 Å². The van der Waals surface area contributed by atoms with E-state index in [0.29, 0.717) is 5.75 Å². The first-order chi connectivity index (χ1) is 30.9. The van der Waals surface area contributed by atoms with Gasteiger partial charge in [-0.3, -0.25) is 4.57 Å². The molecule has 0 aliphatic carbocycles. The lowest BCUT2D eigenvalue weighted by Gasteiger charge is -2.36. The molecule has 0 spiro atoms. The van der Waals surface area contributed by atoms with E-state index in [4.69, 9.17) is 14.4 Å². The predicted octanol–water partition coefficient (Wildman–Crippen LogP) is 7.48. The number of benzene rings is 10. The van der Waals surface area contributed by atoms with Gasteiger partial charge in [0.05, 0.1) is 0 Å². The molecular formula is C56H45O4PSi2. The Morgan fingerprint density at radius 1 is 0.333 bits per heavy atom. The molecule has 10 aromatic rings. The molecule has 0 heterocycles. The van der Waals surface area contributed by atoms with Crippen LogP contribution in [0.3, 0.4) is 0 Å². The van der Waals surface area contributed by atoms with Gasteiger partial charge in [0.25, 0.3) is 0 Å². The smallest absolute Gasteiger partial charge is 0.314 e. The maximum absolute atomic E-state index is 13.6. The highest BCUT2D eigenvalue weighted by molar-refractivity contribution is 7.30. The topological polar surface area (TPSA) is 77.8 Å². The van der Waals surface area contributed by atoms with Crippen molar-refractivity contribution in [3.8, 4) is 16.9 Å². The molecule has 0 bridgehead atoms. The van der Waals surface area contributed by atoms with Gasteiger partial charge in [0.15, 0.2) is 16.1 Å². The van der Waals surface area contributed by atoms with Crippen molar-refractivity contribution in [1.29, 1.82) is 0 Å². The van der Waals surface area contributed by atoms with Crippen molar-refractivity contribution in [1.82, 2.24) is 0 Å². The molecule has 63 heavy (non-hydrogen) atoms. The molecule has 3 N–H and O–H groups in total. The average Bonchev–Trinajstić information content (AvgIpc) is 3.34. The second kappa shape index (κ2) is 18.2. The fourth-order valence-electron chi connectivity index (χ4n) is 9.72. The minimum atomic E-state index is -3.14. The molecule has 0 aliphatic heterocycles. The second-order valence-electron chi connectivity index (χ2n) is 15.6. The highest BCUT2D eigenvalue weighted by atomic mass is 31.1. The van der Waals surface area contributed by atoms with E-state index < -0.39 is 24.4 Å². The number of phenolic OH excluding ortho intramolecular Hbond substituents is 1. The van der Waals surface area contributed by atoms with Gasteiger partial charge in [-0.2, -0.15) is 0 Å². The summed E-state index contributed by atoms with van der Waals surface area (Å²) >= 11 is 0. The largest absolute Gasteiger partial charge is 0.507 e. The third-order valence-electron chi connectivity index (χ3n) is 12.2. The molecule has 306 valence electrons. The van der Waals surface area contributed by atoms with Crippen molar-refractivity contribution in [3.63, 3.8) is 0 Å². The fourth-order valence-corrected chi connectivity index (χ4v) is 19.4. The van der Waals surface area contributed by atoms with Crippen molar-refractivity contribution >= 4 is 87.4 Å². The van der Waals surface area contributed by atoms with Crippen LogP contribution in [-0.4, -0.2) is 31.0 Å². The van der Waals surface area contributed by atoms with Gasteiger partial charge in [0.1, 0.15) is 5.75 Å². The normalized spacial score (nSPS) is 11.6. The second-order valence-corrected chi connectivity index (χ2v) is 23.7. The van der Waals surface area contributed by atoms with E-state index in [1.54, 1.807) is 0 Å². The molecule has 0 fully saturated rings. The number of aromatic hydroxyl groups is 1. The minimum absolute atomic E-state index is 0.334. The monoisotopic (exact) mass is 868 g/mol. The van der Waals surface area contributed by atoms with Gasteiger partial charge in [-0.1, -0.05) is 249 Å². The van der Waals surface area contributed by atoms with Gasteiger partial charge in [-0.15, -0.1) is 0 Å². The van der Waals surface area contributed by atoms with E-state index in [2.05, 4.69) is 249 Å². The molecule has 0 aliphatic rings. The van der Waals surface area contributed by atoms with Crippen molar-refractivity contribution < 1.29 is 19.5 Å². The van der Waals surface area contributed by atoms with E-state index in [1.807, 2.05) is 0 Å². The van der Waals surface area contributed by atoms with Crippen molar-refractivity contribution in [3.05, 3.63) is 249 Å². The van der Waals surface area contributed by atoms with Crippen LogP contribution >= 0.6 is 8.25 Å². The fraction of sp³-hybridized carbons (Fsp3) is 0. The molecule has 0 saturated heterocycles. The molecule has 0 aromatic heterocycles. The van der Waals surface area contributed by atoms with Gasteiger partial charge in [-0.05, 0) is 68.6 Å². The zero-order valence-corrected chi connectivity index (χ0v) is 37.4. The molecule has 10 aromatic carbocycles. The van der Waals surface area contributed by atoms with E-state index in [-0.39, 0.29) is 0 Å². The number of fused-ring (bicyclic) bond motifs is 2. The van der Waals surface area contributed by atoms with Crippen LogP contribution < -0.4 is 41.5 Å². The third kappa shape index (κ3) is 7.59. The Hall–Kier alpha value is -6.90. The number of hydrogen-bond donors (Lipinski definition) is 3. The molecule has 0 unspecified atom stereocenters. The summed E-state index contributed by atoms with van der Waals surface area (Å²) in [5.41, 5.74) is 1.90. The number of hydrogen-bond acceptors (Lipinski definition) is 2. The number of phenols is 1. The first-order valence-electron chi connectivity index (χ1n) is 21.0. The number of rotatable bonds is 9. The average molecular weight is 869 g/mol. The Morgan fingerprint density at radius 3 is 1.02 bits per heavy atom. The highest BCUT2D eigenvalue weighted by Gasteiger charge is 2.45. The summed E-state index contributed by atoms with van der Waals surface area (Å²) in [7, 11) is -9.22. The first kappa shape index (κ1) is 41.5. The van der Waals surface area contributed by atoms with Crippen LogP contribution in [0.15, 0.2) is 249 Å². The first-order valence-corrected chi connectivity index (χ1v) is 26.3. The summed E-state index contributed by atoms with van der Waals surface area (Å²) < 4.78 is 8.74. The third-order valence-corrected chi connectivity index (χ3v) is 21.8. The lowest BCUT2D eigenvalue weighted by molar-refractivity contribution is 0.405. The maximum Gasteiger partial charge on any atom is 0.314 e. The summed E-state index contributed by atoms with van der Waals surface area (Å²) in [4.78, 5) is 14.3. The van der Waals surface area contributed by atoms with Gasteiger partial charge >= 0.3 is 8.25 Å². The van der Waals surface area contributed by atoms with Crippen molar-refractivity contribution in [2.24, 2.45) is 0 Å². The van der Waals surface area contributed by atoms with E-state index in [9.17, 15) is 5.11 Å². The van der Waals surface area contributed by atoms with Crippen molar-refractivity contribution in [2.45, 2.75) is 0 Å². The summed E-state index contributed by atoms with van der Waals surface area (Å²) in [6, 6.07) is 90.4. The van der Waals surface area contributed by atoms with Crippen LogP contribution in [-0.2, 0) is 4.57 Å². The SMILES string of the molecule is O=[PH](O)O.Oc1c([Si](c2ccccc2)(c2ccccc2)c2ccccc2)cc2ccccc2c1-c1cc([Si](c2ccccc2)(c2ccccc2)c2ccccc2)cc2ccccc12. The Bertz CT molecular complexity index is 2960. The molecule has 0 amide bonds. The van der Waals surface area contributed by atoms with Crippen LogP contribution in [0.5, 0.6) is 5.75 Å². The lowest BCUT2D eigenvalue weighted by atomic mass is 9.93. The standard InChI is InChI=1S/C56H42OSi2.H3O3P/c57-56-54(59(47-31-13-4-14-32-47,48-33-15-5-16-34-48)49-35-17-6-18-36-49)40-43-24-20-22-38-52(43)55(56)53-41-50(39-42-23-19-21-37-51(42)53)58(44-25-7-1-8-26-44,45-27-9-2-10-28-45)46-29-11-3-12-30-46;1-4(2)3/h1-41,57H;4H,(H2,1,2,3). The molecule has 4 nitrogen and oxygen atoms in total. The van der Waals surface area contributed by atoms with Gasteiger partial charge < -0.3 is 14.9 Å². The quantitative estimate of drug-likeness (QED) is 0.0800. The molecule has 0 saturated carbocycles. The lowest BCUT2D eigenvalue weighted by Crippen LogP contribution is -2.74. The van der Waals surface area contributed by atoms with E-state index >= 15 is 0 Å². The Labute approximate surface area is 370 Å². The molecule has 7 heteroatoms. The molecular weight excluding hydrogens is 824 g/mol. The molecule has 10 rings (SSSR count). The molecule has 0 atom stereocenters. The zero-order chi connectivity index (χ0) is 43.2.